The fourth-order valence-electron chi connectivity index (χ4n) is 2.87. The molecule has 1 fully saturated rings. The summed E-state index contributed by atoms with van der Waals surface area (Å²) in [6, 6.07) is 5.72. The van der Waals surface area contributed by atoms with Crippen LogP contribution in [0, 0.1) is 10.1 Å². The van der Waals surface area contributed by atoms with Gasteiger partial charge < -0.3 is 20.7 Å². The number of nitrogens with two attached hydrogens (primary N) is 1. The Kier molecular flexibility index (Phi) is 5.17. The molecule has 27 heavy (non-hydrogen) atoms. The Bertz CT molecular complexity index is 903. The number of aromatic nitrogens is 2. The first-order valence-corrected chi connectivity index (χ1v) is 8.01. The normalized spacial score (nSPS) is 24.9. The van der Waals surface area contributed by atoms with Gasteiger partial charge in [-0.05, 0) is 5.56 Å². The van der Waals surface area contributed by atoms with E-state index in [9.17, 15) is 24.4 Å². The van der Waals surface area contributed by atoms with Gasteiger partial charge in [-0.1, -0.05) is 12.1 Å². The summed E-state index contributed by atoms with van der Waals surface area (Å²) in [5.74, 6) is -0.0673. The van der Waals surface area contributed by atoms with Crippen LogP contribution in [-0.2, 0) is 11.2 Å². The number of non-ortho nitro benzene ring substituents is 1. The van der Waals surface area contributed by atoms with Crippen molar-refractivity contribution in [2.45, 2.75) is 31.0 Å². The number of aliphatic hydroxyl groups excluding tert-OH is 2. The molecule has 1 aromatic heterocycles. The third-order valence-electron chi connectivity index (χ3n) is 4.35. The molecule has 1 aliphatic heterocycles. The van der Waals surface area contributed by atoms with Crippen LogP contribution in [0.3, 0.4) is 0 Å². The minimum absolute atomic E-state index is 0.0673. The van der Waals surface area contributed by atoms with Crippen molar-refractivity contribution in [3.8, 4) is 0 Å². The maximum absolute atomic E-state index is 14.3. The SMILES string of the molecule is Nc1nc(=O)n([C@@H]2O[C@H](CO)[C@@H](O)[C@@H]2F)cc1Cc1ccc([N+](=O)[O-])cc1. The first-order valence-electron chi connectivity index (χ1n) is 8.01. The topological polar surface area (TPSA) is 154 Å². The summed E-state index contributed by atoms with van der Waals surface area (Å²) in [4.78, 5) is 25.9. The number of rotatable bonds is 5. The second-order valence-corrected chi connectivity index (χ2v) is 6.12. The van der Waals surface area contributed by atoms with Crippen molar-refractivity contribution in [3.05, 3.63) is 62.2 Å². The first-order chi connectivity index (χ1) is 12.8. The van der Waals surface area contributed by atoms with Crippen LogP contribution in [0.2, 0.25) is 0 Å². The molecule has 4 N–H and O–H groups in total. The highest BCUT2D eigenvalue weighted by atomic mass is 19.1. The van der Waals surface area contributed by atoms with Gasteiger partial charge in [0.1, 0.15) is 18.0 Å². The summed E-state index contributed by atoms with van der Waals surface area (Å²) in [6.45, 7) is -0.606. The van der Waals surface area contributed by atoms with Crippen molar-refractivity contribution >= 4 is 11.5 Å². The average molecular weight is 380 g/mol. The summed E-state index contributed by atoms with van der Waals surface area (Å²) in [7, 11) is 0. The number of nitrogens with zero attached hydrogens (tertiary/aromatic N) is 3. The third kappa shape index (κ3) is 3.65. The van der Waals surface area contributed by atoms with E-state index in [0.717, 1.165) is 4.57 Å². The van der Waals surface area contributed by atoms with Crippen LogP contribution in [0.1, 0.15) is 17.4 Å². The van der Waals surface area contributed by atoms with E-state index in [0.29, 0.717) is 11.1 Å². The largest absolute Gasteiger partial charge is 0.394 e. The Morgan fingerprint density at radius 2 is 2.04 bits per heavy atom. The number of halogens is 1. The summed E-state index contributed by atoms with van der Waals surface area (Å²) in [5.41, 5.74) is 5.88. The molecule has 1 aliphatic rings. The number of ether oxygens (including phenoxy) is 1. The fraction of sp³-hybridized carbons (Fsp3) is 0.375. The van der Waals surface area contributed by atoms with E-state index < -0.39 is 41.8 Å². The number of nitro groups is 1. The molecule has 1 aromatic carbocycles. The lowest BCUT2D eigenvalue weighted by molar-refractivity contribution is -0.384. The maximum Gasteiger partial charge on any atom is 0.351 e. The Labute approximate surface area is 151 Å². The molecule has 3 rings (SSSR count). The molecule has 0 saturated carbocycles. The van der Waals surface area contributed by atoms with Crippen molar-refractivity contribution < 1.29 is 24.3 Å². The summed E-state index contributed by atoms with van der Waals surface area (Å²) in [6.07, 6.45) is -4.66. The van der Waals surface area contributed by atoms with E-state index in [4.69, 9.17) is 15.6 Å². The van der Waals surface area contributed by atoms with Crippen molar-refractivity contribution in [2.75, 3.05) is 12.3 Å². The van der Waals surface area contributed by atoms with Gasteiger partial charge in [-0.15, -0.1) is 0 Å². The molecular formula is C16H17FN4O6. The van der Waals surface area contributed by atoms with E-state index in [2.05, 4.69) is 4.98 Å². The van der Waals surface area contributed by atoms with E-state index in [1.807, 2.05) is 0 Å². The van der Waals surface area contributed by atoms with E-state index in [-0.39, 0.29) is 17.9 Å². The van der Waals surface area contributed by atoms with Gasteiger partial charge >= 0.3 is 5.69 Å². The van der Waals surface area contributed by atoms with Crippen LogP contribution >= 0.6 is 0 Å². The molecule has 0 bridgehead atoms. The molecule has 0 spiro atoms. The van der Waals surface area contributed by atoms with Crippen LogP contribution in [0.5, 0.6) is 0 Å². The second-order valence-electron chi connectivity index (χ2n) is 6.12. The zero-order valence-electron chi connectivity index (χ0n) is 13.9. The van der Waals surface area contributed by atoms with Crippen molar-refractivity contribution in [3.63, 3.8) is 0 Å². The molecule has 1 saturated heterocycles. The van der Waals surface area contributed by atoms with Crippen LogP contribution < -0.4 is 11.4 Å². The molecule has 10 nitrogen and oxygen atoms in total. The van der Waals surface area contributed by atoms with Crippen molar-refractivity contribution in [2.24, 2.45) is 0 Å². The monoisotopic (exact) mass is 380 g/mol. The molecule has 2 aromatic rings. The third-order valence-corrected chi connectivity index (χ3v) is 4.35. The maximum atomic E-state index is 14.3. The fourth-order valence-corrected chi connectivity index (χ4v) is 2.87. The zero-order chi connectivity index (χ0) is 19.7. The Hall–Kier alpha value is -2.89. The van der Waals surface area contributed by atoms with Crippen LogP contribution in [0.4, 0.5) is 15.9 Å². The molecule has 144 valence electrons. The number of hydrogen-bond acceptors (Lipinski definition) is 8. The number of nitrogen functional groups attached to an aromatic ring is 1. The van der Waals surface area contributed by atoms with Gasteiger partial charge in [0, 0.05) is 30.3 Å². The summed E-state index contributed by atoms with van der Waals surface area (Å²) >= 11 is 0. The highest BCUT2D eigenvalue weighted by Crippen LogP contribution is 2.31. The van der Waals surface area contributed by atoms with Crippen molar-refractivity contribution in [1.82, 2.24) is 9.55 Å². The number of benzene rings is 1. The first kappa shape index (κ1) is 18.9. The van der Waals surface area contributed by atoms with Crippen LogP contribution in [0.25, 0.3) is 0 Å². The minimum atomic E-state index is -1.93. The highest BCUT2D eigenvalue weighted by molar-refractivity contribution is 5.42. The van der Waals surface area contributed by atoms with Crippen LogP contribution in [0.15, 0.2) is 35.3 Å². The number of alkyl halides is 1. The highest BCUT2D eigenvalue weighted by Gasteiger charge is 2.45. The van der Waals surface area contributed by atoms with E-state index in [1.165, 1.54) is 30.5 Å². The van der Waals surface area contributed by atoms with Crippen molar-refractivity contribution in [1.29, 1.82) is 0 Å². The summed E-state index contributed by atoms with van der Waals surface area (Å²) < 4.78 is 20.4. The molecule has 11 heteroatoms. The number of anilines is 1. The Morgan fingerprint density at radius 1 is 1.37 bits per heavy atom. The molecule has 0 unspecified atom stereocenters. The summed E-state index contributed by atoms with van der Waals surface area (Å²) in [5, 5.41) is 29.6. The van der Waals surface area contributed by atoms with Gasteiger partial charge in [0.15, 0.2) is 12.4 Å². The van der Waals surface area contributed by atoms with Gasteiger partial charge in [-0.25, -0.2) is 9.18 Å². The second kappa shape index (κ2) is 7.39. The molecular weight excluding hydrogens is 363 g/mol. The lowest BCUT2D eigenvalue weighted by Gasteiger charge is -2.17. The lowest BCUT2D eigenvalue weighted by Crippen LogP contribution is -2.34. The van der Waals surface area contributed by atoms with E-state index >= 15 is 0 Å². The molecule has 0 amide bonds. The Balaban J connectivity index is 1.90. The minimum Gasteiger partial charge on any atom is -0.394 e. The van der Waals surface area contributed by atoms with Gasteiger partial charge in [0.25, 0.3) is 5.69 Å². The molecule has 0 radical (unpaired) electrons. The van der Waals surface area contributed by atoms with Crippen LogP contribution in [-0.4, -0.2) is 49.7 Å². The number of nitro benzene ring substituents is 1. The quantitative estimate of drug-likeness (QED) is 0.480. The molecule has 2 heterocycles. The average Bonchev–Trinajstić information content (AvgIpc) is 2.92. The standard InChI is InChI=1S/C16H17FN4O6/c17-12-13(23)11(7-22)27-15(12)20-6-9(14(18)19-16(20)24)5-8-1-3-10(4-2-8)21(25)26/h1-4,6,11-13,15,22-23H,5,7H2,(H2,18,19,24)/t11-,12+,13-,15-/m1/s1. The lowest BCUT2D eigenvalue weighted by atomic mass is 10.1. The van der Waals surface area contributed by atoms with Gasteiger partial charge in [0.2, 0.25) is 0 Å². The van der Waals surface area contributed by atoms with Gasteiger partial charge in [0.05, 0.1) is 11.5 Å². The molecule has 0 aliphatic carbocycles. The predicted octanol–water partition coefficient (Wildman–Crippen LogP) is -0.0868. The zero-order valence-corrected chi connectivity index (χ0v) is 13.9. The number of hydrogen-bond donors (Lipinski definition) is 3. The van der Waals surface area contributed by atoms with Gasteiger partial charge in [-0.2, -0.15) is 4.98 Å². The van der Waals surface area contributed by atoms with E-state index in [1.54, 1.807) is 0 Å². The molecule has 4 atom stereocenters. The number of aliphatic hydroxyl groups is 2. The Morgan fingerprint density at radius 3 is 2.59 bits per heavy atom. The predicted molar refractivity (Wildman–Crippen MR) is 90.7 cm³/mol. The smallest absolute Gasteiger partial charge is 0.351 e. The van der Waals surface area contributed by atoms with Gasteiger partial charge in [-0.3, -0.25) is 14.7 Å².